The normalized spacial score (nSPS) is 11.7. The molecule has 0 radical (unpaired) electrons. The molecule has 0 bridgehead atoms. The first kappa shape index (κ1) is 15.4. The molecule has 0 saturated heterocycles. The zero-order valence-electron chi connectivity index (χ0n) is 13.4. The fourth-order valence-corrected chi connectivity index (χ4v) is 2.24. The highest BCUT2D eigenvalue weighted by molar-refractivity contribution is 5.77. The summed E-state index contributed by atoms with van der Waals surface area (Å²) >= 11 is 0. The topological polar surface area (TPSA) is 56.2 Å². The molecule has 1 heterocycles. The minimum absolute atomic E-state index is 0.358. The van der Waals surface area contributed by atoms with Crippen molar-refractivity contribution in [3.8, 4) is 0 Å². The Balaban J connectivity index is 2.17. The minimum Gasteiger partial charge on any atom is -0.444 e. The van der Waals surface area contributed by atoms with Crippen molar-refractivity contribution >= 4 is 17.1 Å². The van der Waals surface area contributed by atoms with Crippen LogP contribution in [-0.4, -0.2) is 21.2 Å². The van der Waals surface area contributed by atoms with Gasteiger partial charge < -0.3 is 14.6 Å². The van der Waals surface area contributed by atoms with E-state index >= 15 is 0 Å². The number of aryl methyl sites for hydroxylation is 2. The van der Waals surface area contributed by atoms with Crippen LogP contribution in [0.25, 0.3) is 11.0 Å². The highest BCUT2D eigenvalue weighted by Crippen LogP contribution is 2.18. The average Bonchev–Trinajstić information content (AvgIpc) is 2.71. The third-order valence-corrected chi connectivity index (χ3v) is 3.09. The lowest BCUT2D eigenvalue weighted by Crippen LogP contribution is -2.32. The highest BCUT2D eigenvalue weighted by atomic mass is 16.6. The number of imidazole rings is 1. The van der Waals surface area contributed by atoms with E-state index in [1.807, 2.05) is 32.9 Å². The second-order valence-corrected chi connectivity index (χ2v) is 6.12. The number of hydrogen-bond donors (Lipinski definition) is 1. The fourth-order valence-electron chi connectivity index (χ4n) is 2.24. The van der Waals surface area contributed by atoms with Gasteiger partial charge in [-0.15, -0.1) is 0 Å². The Hall–Kier alpha value is -2.04. The van der Waals surface area contributed by atoms with Gasteiger partial charge in [0, 0.05) is 6.54 Å². The quantitative estimate of drug-likeness (QED) is 0.942. The maximum atomic E-state index is 11.7. The molecular formula is C16H23N3O2. The number of benzene rings is 1. The summed E-state index contributed by atoms with van der Waals surface area (Å²) in [7, 11) is 0. The molecule has 0 aliphatic carbocycles. The largest absolute Gasteiger partial charge is 0.444 e. The van der Waals surface area contributed by atoms with Gasteiger partial charge in [0.15, 0.2) is 0 Å². The summed E-state index contributed by atoms with van der Waals surface area (Å²) in [6.45, 7) is 10.8. The van der Waals surface area contributed by atoms with Gasteiger partial charge in [0.05, 0.1) is 17.6 Å². The van der Waals surface area contributed by atoms with E-state index in [0.29, 0.717) is 6.54 Å². The second-order valence-electron chi connectivity index (χ2n) is 6.12. The number of carbonyl (C=O) groups excluding carboxylic acids is 1. The van der Waals surface area contributed by atoms with E-state index in [9.17, 15) is 4.79 Å². The maximum Gasteiger partial charge on any atom is 0.408 e. The van der Waals surface area contributed by atoms with Crippen molar-refractivity contribution in [1.82, 2.24) is 14.9 Å². The number of fused-ring (bicyclic) bond motifs is 1. The number of nitrogens with one attached hydrogen (secondary N) is 1. The predicted octanol–water partition coefficient (Wildman–Crippen LogP) is 3.39. The summed E-state index contributed by atoms with van der Waals surface area (Å²) in [5, 5.41) is 2.76. The van der Waals surface area contributed by atoms with Crippen LogP contribution in [0.4, 0.5) is 4.79 Å². The fraction of sp³-hybridized carbons (Fsp3) is 0.500. The van der Waals surface area contributed by atoms with Crippen molar-refractivity contribution in [1.29, 1.82) is 0 Å². The van der Waals surface area contributed by atoms with Crippen LogP contribution in [0.15, 0.2) is 18.2 Å². The van der Waals surface area contributed by atoms with Gasteiger partial charge in [0.2, 0.25) is 0 Å². The average molecular weight is 289 g/mol. The van der Waals surface area contributed by atoms with Crippen LogP contribution in [-0.2, 0) is 17.8 Å². The first-order valence-electron chi connectivity index (χ1n) is 7.23. The van der Waals surface area contributed by atoms with Gasteiger partial charge in [-0.25, -0.2) is 9.78 Å². The monoisotopic (exact) mass is 289 g/mol. The number of ether oxygens (including phenoxy) is 1. The van der Waals surface area contributed by atoms with Gasteiger partial charge in [0.25, 0.3) is 0 Å². The van der Waals surface area contributed by atoms with E-state index in [-0.39, 0.29) is 0 Å². The maximum absolute atomic E-state index is 11.7. The van der Waals surface area contributed by atoms with Gasteiger partial charge in [-0.2, -0.15) is 0 Å². The highest BCUT2D eigenvalue weighted by Gasteiger charge is 2.17. The Labute approximate surface area is 125 Å². The molecule has 0 unspecified atom stereocenters. The zero-order valence-corrected chi connectivity index (χ0v) is 13.4. The summed E-state index contributed by atoms with van der Waals surface area (Å²) in [6, 6.07) is 6.16. The number of nitrogens with zero attached hydrogens (tertiary/aromatic N) is 2. The SMILES string of the molecule is CCn1c(CNC(=O)OC(C)(C)C)nc2ccc(C)cc21. The van der Waals surface area contributed by atoms with Crippen LogP contribution < -0.4 is 5.32 Å². The van der Waals surface area contributed by atoms with Crippen molar-refractivity contribution in [2.45, 2.75) is 53.3 Å². The molecule has 0 aliphatic rings. The molecule has 1 N–H and O–H groups in total. The summed E-state index contributed by atoms with van der Waals surface area (Å²) < 4.78 is 7.35. The van der Waals surface area contributed by atoms with E-state index in [1.165, 1.54) is 5.56 Å². The van der Waals surface area contributed by atoms with E-state index in [2.05, 4.69) is 34.8 Å². The summed E-state index contributed by atoms with van der Waals surface area (Å²) in [6.07, 6.45) is -0.423. The van der Waals surface area contributed by atoms with Crippen molar-refractivity contribution in [3.63, 3.8) is 0 Å². The molecule has 1 aromatic carbocycles. The number of alkyl carbamates (subject to hydrolysis) is 1. The van der Waals surface area contributed by atoms with Crippen LogP contribution in [0.2, 0.25) is 0 Å². The van der Waals surface area contributed by atoms with E-state index in [4.69, 9.17) is 4.74 Å². The van der Waals surface area contributed by atoms with Gasteiger partial charge >= 0.3 is 6.09 Å². The van der Waals surface area contributed by atoms with Crippen LogP contribution >= 0.6 is 0 Å². The molecule has 0 atom stereocenters. The lowest BCUT2D eigenvalue weighted by molar-refractivity contribution is 0.0521. The third kappa shape index (κ3) is 3.74. The summed E-state index contributed by atoms with van der Waals surface area (Å²) in [5.41, 5.74) is 2.75. The molecule has 1 amide bonds. The Morgan fingerprint density at radius 1 is 1.38 bits per heavy atom. The van der Waals surface area contributed by atoms with Gasteiger partial charge in [-0.05, 0) is 52.3 Å². The Kier molecular flexibility index (Phi) is 4.21. The van der Waals surface area contributed by atoms with Crippen molar-refractivity contribution in [2.75, 3.05) is 0 Å². The summed E-state index contributed by atoms with van der Waals surface area (Å²) in [4.78, 5) is 16.3. The molecule has 1 aromatic heterocycles. The molecule has 0 aliphatic heterocycles. The van der Waals surface area contributed by atoms with E-state index < -0.39 is 11.7 Å². The lowest BCUT2D eigenvalue weighted by atomic mass is 10.2. The first-order valence-corrected chi connectivity index (χ1v) is 7.23. The van der Waals surface area contributed by atoms with Crippen molar-refractivity contribution in [3.05, 3.63) is 29.6 Å². The number of rotatable bonds is 3. The lowest BCUT2D eigenvalue weighted by Gasteiger charge is -2.19. The number of carbonyl (C=O) groups is 1. The molecule has 0 spiro atoms. The predicted molar refractivity (Wildman–Crippen MR) is 83.2 cm³/mol. The van der Waals surface area contributed by atoms with Crippen molar-refractivity contribution < 1.29 is 9.53 Å². The Bertz CT molecular complexity index is 653. The molecule has 114 valence electrons. The first-order chi connectivity index (χ1) is 9.80. The Morgan fingerprint density at radius 3 is 2.71 bits per heavy atom. The van der Waals surface area contributed by atoms with Crippen LogP contribution in [0.5, 0.6) is 0 Å². The molecule has 5 nitrogen and oxygen atoms in total. The van der Waals surface area contributed by atoms with Gasteiger partial charge in [-0.1, -0.05) is 6.07 Å². The van der Waals surface area contributed by atoms with E-state index in [0.717, 1.165) is 23.4 Å². The molecule has 21 heavy (non-hydrogen) atoms. The molecule has 5 heteroatoms. The standard InChI is InChI=1S/C16H23N3O2/c1-6-19-13-9-11(2)7-8-12(13)18-14(19)10-17-15(20)21-16(3,4)5/h7-9H,6,10H2,1-5H3,(H,17,20). The van der Waals surface area contributed by atoms with Crippen LogP contribution in [0.1, 0.15) is 39.1 Å². The van der Waals surface area contributed by atoms with Crippen molar-refractivity contribution in [2.24, 2.45) is 0 Å². The third-order valence-electron chi connectivity index (χ3n) is 3.09. The van der Waals surface area contributed by atoms with E-state index in [1.54, 1.807) is 0 Å². The number of aromatic nitrogens is 2. The summed E-state index contributed by atoms with van der Waals surface area (Å²) in [5.74, 6) is 0.837. The van der Waals surface area contributed by atoms with Gasteiger partial charge in [-0.3, -0.25) is 0 Å². The Morgan fingerprint density at radius 2 is 2.10 bits per heavy atom. The zero-order chi connectivity index (χ0) is 15.6. The molecular weight excluding hydrogens is 266 g/mol. The number of hydrogen-bond acceptors (Lipinski definition) is 3. The number of amides is 1. The van der Waals surface area contributed by atoms with Crippen LogP contribution in [0.3, 0.4) is 0 Å². The molecule has 0 fully saturated rings. The second kappa shape index (κ2) is 5.76. The minimum atomic E-state index is -0.494. The molecule has 0 saturated carbocycles. The molecule has 2 rings (SSSR count). The smallest absolute Gasteiger partial charge is 0.408 e. The van der Waals surface area contributed by atoms with Gasteiger partial charge in [0.1, 0.15) is 11.4 Å². The molecule has 2 aromatic rings. The van der Waals surface area contributed by atoms with Crippen LogP contribution in [0, 0.1) is 6.92 Å².